The van der Waals surface area contributed by atoms with Crippen LogP contribution in [0.4, 0.5) is 0 Å². The third-order valence-corrected chi connectivity index (χ3v) is 3.50. The van der Waals surface area contributed by atoms with Gasteiger partial charge in [0.1, 0.15) is 0 Å². The van der Waals surface area contributed by atoms with Gasteiger partial charge in [-0.05, 0) is 41.4 Å². The lowest BCUT2D eigenvalue weighted by Gasteiger charge is -2.23. The SMILES string of the molecule is CCC(CC(=O)O)c1cc(C(C)(C)C)ccc1C. The summed E-state index contributed by atoms with van der Waals surface area (Å²) < 4.78 is 0. The molecule has 1 unspecified atom stereocenters. The molecule has 1 rings (SSSR count). The van der Waals surface area contributed by atoms with E-state index in [2.05, 4.69) is 52.8 Å². The molecule has 0 amide bonds. The molecule has 0 heterocycles. The zero-order valence-electron chi connectivity index (χ0n) is 12.1. The Balaban J connectivity index is 3.17. The summed E-state index contributed by atoms with van der Waals surface area (Å²) in [6, 6.07) is 6.44. The Morgan fingerprint density at radius 3 is 2.39 bits per heavy atom. The van der Waals surface area contributed by atoms with E-state index < -0.39 is 5.97 Å². The molecule has 1 atom stereocenters. The zero-order chi connectivity index (χ0) is 13.9. The van der Waals surface area contributed by atoms with Crippen LogP contribution in [-0.4, -0.2) is 11.1 Å². The molecule has 1 N–H and O–H groups in total. The number of hydrogen-bond acceptors (Lipinski definition) is 1. The Kier molecular flexibility index (Phi) is 4.55. The third-order valence-electron chi connectivity index (χ3n) is 3.50. The van der Waals surface area contributed by atoms with Crippen LogP contribution in [0.5, 0.6) is 0 Å². The molecule has 0 spiro atoms. The van der Waals surface area contributed by atoms with Crippen LogP contribution in [0.1, 0.15) is 63.1 Å². The number of hydrogen-bond donors (Lipinski definition) is 1. The summed E-state index contributed by atoms with van der Waals surface area (Å²) in [5.41, 5.74) is 3.75. The molecular weight excluding hydrogens is 224 g/mol. The van der Waals surface area contributed by atoms with E-state index in [1.54, 1.807) is 0 Å². The average Bonchev–Trinajstić information content (AvgIpc) is 2.25. The molecule has 0 saturated carbocycles. The Bertz CT molecular complexity index is 427. The molecule has 18 heavy (non-hydrogen) atoms. The van der Waals surface area contributed by atoms with Gasteiger partial charge in [0.25, 0.3) is 0 Å². The van der Waals surface area contributed by atoms with Gasteiger partial charge in [0, 0.05) is 0 Å². The van der Waals surface area contributed by atoms with Gasteiger partial charge in [0.05, 0.1) is 6.42 Å². The minimum Gasteiger partial charge on any atom is -0.481 e. The molecule has 1 aromatic carbocycles. The number of carbonyl (C=O) groups is 1. The van der Waals surface area contributed by atoms with Crippen LogP contribution in [-0.2, 0) is 10.2 Å². The van der Waals surface area contributed by atoms with E-state index in [9.17, 15) is 4.79 Å². The minimum absolute atomic E-state index is 0.101. The van der Waals surface area contributed by atoms with Gasteiger partial charge in [-0.1, -0.05) is 45.9 Å². The Morgan fingerprint density at radius 1 is 1.33 bits per heavy atom. The first-order valence-corrected chi connectivity index (χ1v) is 6.58. The first-order chi connectivity index (χ1) is 8.25. The maximum Gasteiger partial charge on any atom is 0.303 e. The van der Waals surface area contributed by atoms with E-state index in [1.807, 2.05) is 0 Å². The van der Waals surface area contributed by atoms with Crippen molar-refractivity contribution in [3.8, 4) is 0 Å². The predicted octanol–water partition coefficient (Wildman–Crippen LogP) is 4.26. The highest BCUT2D eigenvalue weighted by atomic mass is 16.4. The van der Waals surface area contributed by atoms with Gasteiger partial charge in [0.15, 0.2) is 0 Å². The lowest BCUT2D eigenvalue weighted by molar-refractivity contribution is -0.137. The summed E-state index contributed by atoms with van der Waals surface area (Å²) in [4.78, 5) is 10.9. The summed E-state index contributed by atoms with van der Waals surface area (Å²) in [6.45, 7) is 10.7. The second-order valence-corrected chi connectivity index (χ2v) is 6.02. The van der Waals surface area contributed by atoms with Crippen molar-refractivity contribution in [2.24, 2.45) is 0 Å². The second-order valence-electron chi connectivity index (χ2n) is 6.02. The van der Waals surface area contributed by atoms with Crippen LogP contribution in [0, 0.1) is 6.92 Å². The molecule has 0 bridgehead atoms. The van der Waals surface area contributed by atoms with Crippen LogP contribution >= 0.6 is 0 Å². The van der Waals surface area contributed by atoms with Crippen LogP contribution in [0.15, 0.2) is 18.2 Å². The van der Waals surface area contributed by atoms with Crippen molar-refractivity contribution >= 4 is 5.97 Å². The van der Waals surface area contributed by atoms with Crippen molar-refractivity contribution in [1.29, 1.82) is 0 Å². The molecular formula is C16H24O2. The van der Waals surface area contributed by atoms with Crippen LogP contribution in [0.25, 0.3) is 0 Å². The highest BCUT2D eigenvalue weighted by Gasteiger charge is 2.19. The number of aliphatic carboxylic acids is 1. The molecule has 0 fully saturated rings. The van der Waals surface area contributed by atoms with E-state index in [1.165, 1.54) is 16.7 Å². The van der Waals surface area contributed by atoms with Crippen LogP contribution in [0.3, 0.4) is 0 Å². The quantitative estimate of drug-likeness (QED) is 0.864. The summed E-state index contributed by atoms with van der Waals surface area (Å²) in [5.74, 6) is -0.604. The highest BCUT2D eigenvalue weighted by Crippen LogP contribution is 2.31. The number of carboxylic acid groups (broad SMARTS) is 1. The van der Waals surface area contributed by atoms with Gasteiger partial charge in [-0.2, -0.15) is 0 Å². The molecule has 1 aromatic rings. The van der Waals surface area contributed by atoms with Gasteiger partial charge < -0.3 is 5.11 Å². The largest absolute Gasteiger partial charge is 0.481 e. The van der Waals surface area contributed by atoms with Crippen LogP contribution in [0.2, 0.25) is 0 Å². The van der Waals surface area contributed by atoms with Gasteiger partial charge >= 0.3 is 5.97 Å². The first kappa shape index (κ1) is 14.7. The first-order valence-electron chi connectivity index (χ1n) is 6.58. The van der Waals surface area contributed by atoms with E-state index in [4.69, 9.17) is 5.11 Å². The average molecular weight is 248 g/mol. The second kappa shape index (κ2) is 5.55. The van der Waals surface area contributed by atoms with Crippen molar-refractivity contribution in [2.75, 3.05) is 0 Å². The van der Waals surface area contributed by atoms with Crippen molar-refractivity contribution in [2.45, 2.75) is 58.8 Å². The molecule has 0 saturated heterocycles. The van der Waals surface area contributed by atoms with E-state index in [0.717, 1.165) is 6.42 Å². The number of benzene rings is 1. The fourth-order valence-corrected chi connectivity index (χ4v) is 2.23. The van der Waals surface area contributed by atoms with Gasteiger partial charge in [-0.3, -0.25) is 4.79 Å². The Morgan fingerprint density at radius 2 is 1.94 bits per heavy atom. The number of aryl methyl sites for hydroxylation is 1. The van der Waals surface area contributed by atoms with Gasteiger partial charge in [-0.25, -0.2) is 0 Å². The number of carboxylic acids is 1. The molecule has 0 radical (unpaired) electrons. The lowest BCUT2D eigenvalue weighted by atomic mass is 9.82. The number of rotatable bonds is 4. The molecule has 0 aromatic heterocycles. The molecule has 2 nitrogen and oxygen atoms in total. The van der Waals surface area contributed by atoms with Crippen molar-refractivity contribution in [1.82, 2.24) is 0 Å². The van der Waals surface area contributed by atoms with Crippen molar-refractivity contribution < 1.29 is 9.90 Å². The summed E-state index contributed by atoms with van der Waals surface area (Å²) in [7, 11) is 0. The zero-order valence-corrected chi connectivity index (χ0v) is 12.1. The Hall–Kier alpha value is -1.31. The van der Waals surface area contributed by atoms with Crippen molar-refractivity contribution in [3.63, 3.8) is 0 Å². The summed E-state index contributed by atoms with van der Waals surface area (Å²) in [5, 5.41) is 9.00. The normalized spacial score (nSPS) is 13.4. The molecule has 0 aliphatic rings. The van der Waals surface area contributed by atoms with Gasteiger partial charge in [0.2, 0.25) is 0 Å². The van der Waals surface area contributed by atoms with Gasteiger partial charge in [-0.15, -0.1) is 0 Å². The van der Waals surface area contributed by atoms with Crippen LogP contribution < -0.4 is 0 Å². The monoisotopic (exact) mass is 248 g/mol. The standard InChI is InChI=1S/C16H24O2/c1-6-12(9-15(17)18)14-10-13(16(3,4)5)8-7-11(14)2/h7-8,10,12H,6,9H2,1-5H3,(H,17,18). The summed E-state index contributed by atoms with van der Waals surface area (Å²) in [6.07, 6.45) is 1.08. The molecule has 2 heteroatoms. The predicted molar refractivity (Wildman–Crippen MR) is 75.2 cm³/mol. The van der Waals surface area contributed by atoms with E-state index >= 15 is 0 Å². The molecule has 100 valence electrons. The molecule has 0 aliphatic heterocycles. The lowest BCUT2D eigenvalue weighted by Crippen LogP contribution is -2.13. The Labute approximate surface area is 110 Å². The van der Waals surface area contributed by atoms with E-state index in [-0.39, 0.29) is 17.8 Å². The molecule has 0 aliphatic carbocycles. The smallest absolute Gasteiger partial charge is 0.303 e. The highest BCUT2D eigenvalue weighted by molar-refractivity contribution is 5.68. The topological polar surface area (TPSA) is 37.3 Å². The van der Waals surface area contributed by atoms with E-state index in [0.29, 0.717) is 0 Å². The van der Waals surface area contributed by atoms with Crippen molar-refractivity contribution in [3.05, 3.63) is 34.9 Å². The third kappa shape index (κ3) is 3.59. The fourth-order valence-electron chi connectivity index (χ4n) is 2.23. The fraction of sp³-hybridized carbons (Fsp3) is 0.562. The maximum absolute atomic E-state index is 10.9. The summed E-state index contributed by atoms with van der Waals surface area (Å²) >= 11 is 0. The maximum atomic E-state index is 10.9. The minimum atomic E-state index is -0.720.